The Bertz CT molecular complexity index is 936. The zero-order valence-corrected chi connectivity index (χ0v) is 11.5. The summed E-state index contributed by atoms with van der Waals surface area (Å²) in [6.45, 7) is 1.70. The van der Waals surface area contributed by atoms with E-state index in [-0.39, 0.29) is 0 Å². The number of benzene rings is 2. The van der Waals surface area contributed by atoms with E-state index in [9.17, 15) is 5.11 Å². The van der Waals surface area contributed by atoms with Crippen LogP contribution in [-0.2, 0) is 0 Å². The highest BCUT2D eigenvalue weighted by Crippen LogP contribution is 2.22. The van der Waals surface area contributed by atoms with Gasteiger partial charge in [-0.05, 0) is 37.3 Å². The van der Waals surface area contributed by atoms with Crippen molar-refractivity contribution in [1.29, 1.82) is 0 Å². The summed E-state index contributed by atoms with van der Waals surface area (Å²) in [7, 11) is 0. The lowest BCUT2D eigenvalue weighted by atomic mass is 10.2. The molecule has 21 heavy (non-hydrogen) atoms. The summed E-state index contributed by atoms with van der Waals surface area (Å²) in [4.78, 5) is 11.9. The molecule has 0 aliphatic heterocycles. The van der Waals surface area contributed by atoms with Gasteiger partial charge in [-0.3, -0.25) is 4.57 Å². The minimum Gasteiger partial charge on any atom is -0.385 e. The van der Waals surface area contributed by atoms with Gasteiger partial charge in [-0.1, -0.05) is 12.1 Å². The van der Waals surface area contributed by atoms with E-state index in [0.717, 1.165) is 27.8 Å². The summed E-state index contributed by atoms with van der Waals surface area (Å²) in [6.07, 6.45) is 1.22. The van der Waals surface area contributed by atoms with E-state index in [1.54, 1.807) is 6.92 Å². The highest BCUT2D eigenvalue weighted by molar-refractivity contribution is 5.81. The van der Waals surface area contributed by atoms with Gasteiger partial charge in [-0.2, -0.15) is 0 Å². The molecule has 1 atom stereocenters. The highest BCUT2D eigenvalue weighted by Gasteiger charge is 2.09. The molecular formula is C16H14N4O. The molecule has 0 amide bonds. The van der Waals surface area contributed by atoms with Crippen LogP contribution in [0.5, 0.6) is 0 Å². The van der Waals surface area contributed by atoms with Crippen molar-refractivity contribution in [1.82, 2.24) is 19.5 Å². The van der Waals surface area contributed by atoms with Gasteiger partial charge in [0.1, 0.15) is 18.3 Å². The van der Waals surface area contributed by atoms with Crippen LogP contribution in [0, 0.1) is 0 Å². The summed E-state index contributed by atoms with van der Waals surface area (Å²) >= 11 is 0. The van der Waals surface area contributed by atoms with E-state index in [1.165, 1.54) is 0 Å². The van der Waals surface area contributed by atoms with Gasteiger partial charge in [0.05, 0.1) is 22.1 Å². The van der Waals surface area contributed by atoms with E-state index in [1.807, 2.05) is 53.4 Å². The zero-order chi connectivity index (χ0) is 14.4. The molecule has 0 fully saturated rings. The van der Waals surface area contributed by atoms with Crippen LogP contribution in [0.1, 0.15) is 18.9 Å². The fourth-order valence-electron chi connectivity index (χ4n) is 2.53. The molecule has 104 valence electrons. The van der Waals surface area contributed by atoms with E-state index in [2.05, 4.69) is 15.0 Å². The molecule has 0 aliphatic rings. The predicted octanol–water partition coefficient (Wildman–Crippen LogP) is 2.96. The smallest absolute Gasteiger partial charge is 0.135 e. The third-order valence-electron chi connectivity index (χ3n) is 3.61. The van der Waals surface area contributed by atoms with Crippen LogP contribution in [0.4, 0.5) is 0 Å². The van der Waals surface area contributed by atoms with E-state index in [0.29, 0.717) is 5.82 Å². The Morgan fingerprint density at radius 3 is 2.86 bits per heavy atom. The van der Waals surface area contributed by atoms with E-state index in [4.69, 9.17) is 0 Å². The zero-order valence-electron chi connectivity index (χ0n) is 11.5. The molecule has 5 nitrogen and oxygen atoms in total. The number of hydrogen-bond donors (Lipinski definition) is 2. The molecule has 4 aromatic rings. The lowest BCUT2D eigenvalue weighted by Gasteiger charge is -2.03. The Hall–Kier alpha value is -2.66. The molecule has 2 N–H and O–H groups in total. The fourth-order valence-corrected chi connectivity index (χ4v) is 2.53. The predicted molar refractivity (Wildman–Crippen MR) is 81.4 cm³/mol. The SMILES string of the molecule is C[C@H](O)c1nc2ccc(-n3cnc4ccccc43)cc2[nH]1. The average Bonchev–Trinajstić information content (AvgIpc) is 3.10. The van der Waals surface area contributed by atoms with Crippen LogP contribution < -0.4 is 0 Å². The molecule has 2 heterocycles. The molecule has 0 spiro atoms. The maximum Gasteiger partial charge on any atom is 0.135 e. The van der Waals surface area contributed by atoms with Crippen molar-refractivity contribution < 1.29 is 5.11 Å². The first-order valence-corrected chi connectivity index (χ1v) is 6.82. The number of fused-ring (bicyclic) bond motifs is 2. The van der Waals surface area contributed by atoms with Crippen molar-refractivity contribution in [3.63, 3.8) is 0 Å². The molecule has 0 unspecified atom stereocenters. The molecule has 0 radical (unpaired) electrons. The van der Waals surface area contributed by atoms with Gasteiger partial charge in [0.2, 0.25) is 0 Å². The second kappa shape index (κ2) is 4.43. The Morgan fingerprint density at radius 2 is 2.00 bits per heavy atom. The average molecular weight is 278 g/mol. The molecule has 2 aromatic heterocycles. The topological polar surface area (TPSA) is 66.7 Å². The summed E-state index contributed by atoms with van der Waals surface area (Å²) < 4.78 is 2.04. The Morgan fingerprint density at radius 1 is 1.14 bits per heavy atom. The second-order valence-corrected chi connectivity index (χ2v) is 5.10. The summed E-state index contributed by atoms with van der Waals surface area (Å²) in [5.41, 5.74) is 4.79. The number of aliphatic hydroxyl groups is 1. The van der Waals surface area contributed by atoms with Crippen molar-refractivity contribution in [3.05, 3.63) is 54.6 Å². The highest BCUT2D eigenvalue weighted by atomic mass is 16.3. The number of aromatic nitrogens is 4. The number of nitrogens with one attached hydrogen (secondary N) is 1. The maximum absolute atomic E-state index is 9.61. The van der Waals surface area contributed by atoms with Crippen LogP contribution >= 0.6 is 0 Å². The molecule has 5 heteroatoms. The van der Waals surface area contributed by atoms with Gasteiger partial charge >= 0.3 is 0 Å². The van der Waals surface area contributed by atoms with Gasteiger partial charge in [-0.15, -0.1) is 0 Å². The van der Waals surface area contributed by atoms with Gasteiger partial charge < -0.3 is 10.1 Å². The van der Waals surface area contributed by atoms with Crippen molar-refractivity contribution in [2.24, 2.45) is 0 Å². The number of hydrogen-bond acceptors (Lipinski definition) is 3. The first-order chi connectivity index (χ1) is 10.2. The Labute approximate surface area is 120 Å². The number of imidazole rings is 2. The quantitative estimate of drug-likeness (QED) is 0.592. The molecule has 0 saturated heterocycles. The van der Waals surface area contributed by atoms with E-state index >= 15 is 0 Å². The number of aromatic amines is 1. The number of H-pyrrole nitrogens is 1. The van der Waals surface area contributed by atoms with Crippen LogP contribution in [-0.4, -0.2) is 24.6 Å². The summed E-state index contributed by atoms with van der Waals surface area (Å²) in [6, 6.07) is 14.0. The van der Waals surface area contributed by atoms with Crippen molar-refractivity contribution >= 4 is 22.1 Å². The lowest BCUT2D eigenvalue weighted by Crippen LogP contribution is -1.92. The molecule has 0 saturated carbocycles. The van der Waals surface area contributed by atoms with Crippen molar-refractivity contribution in [2.45, 2.75) is 13.0 Å². The van der Waals surface area contributed by atoms with E-state index < -0.39 is 6.10 Å². The minimum atomic E-state index is -0.602. The van der Waals surface area contributed by atoms with Gasteiger partial charge in [0.25, 0.3) is 0 Å². The molecule has 2 aromatic carbocycles. The Balaban J connectivity index is 1.90. The third kappa shape index (κ3) is 1.90. The number of aliphatic hydroxyl groups excluding tert-OH is 1. The normalized spacial score (nSPS) is 13.0. The minimum absolute atomic E-state index is 0.581. The largest absolute Gasteiger partial charge is 0.385 e. The van der Waals surface area contributed by atoms with Crippen LogP contribution in [0.25, 0.3) is 27.8 Å². The van der Waals surface area contributed by atoms with Crippen molar-refractivity contribution in [3.8, 4) is 5.69 Å². The molecule has 0 bridgehead atoms. The number of para-hydroxylation sites is 2. The summed E-state index contributed by atoms with van der Waals surface area (Å²) in [5.74, 6) is 0.581. The second-order valence-electron chi connectivity index (χ2n) is 5.10. The number of rotatable bonds is 2. The lowest BCUT2D eigenvalue weighted by molar-refractivity contribution is 0.190. The van der Waals surface area contributed by atoms with Crippen LogP contribution in [0.15, 0.2) is 48.8 Å². The summed E-state index contributed by atoms with van der Waals surface area (Å²) in [5, 5.41) is 9.61. The van der Waals surface area contributed by atoms with Gasteiger partial charge in [0, 0.05) is 5.69 Å². The third-order valence-corrected chi connectivity index (χ3v) is 3.61. The fraction of sp³-hybridized carbons (Fsp3) is 0.125. The van der Waals surface area contributed by atoms with Gasteiger partial charge in [0.15, 0.2) is 0 Å². The maximum atomic E-state index is 9.61. The first kappa shape index (κ1) is 12.1. The molecule has 0 aliphatic carbocycles. The van der Waals surface area contributed by atoms with Crippen LogP contribution in [0.3, 0.4) is 0 Å². The van der Waals surface area contributed by atoms with Crippen LogP contribution in [0.2, 0.25) is 0 Å². The molecular weight excluding hydrogens is 264 g/mol. The molecule has 4 rings (SSSR count). The number of nitrogens with zero attached hydrogens (tertiary/aromatic N) is 3. The standard InChI is InChI=1S/C16H14N4O/c1-10(21)16-18-12-7-6-11(8-14(12)19-16)20-9-17-13-4-2-3-5-15(13)20/h2-10,21H,1H3,(H,18,19)/t10-/m0/s1. The van der Waals surface area contributed by atoms with Gasteiger partial charge in [-0.25, -0.2) is 9.97 Å². The monoisotopic (exact) mass is 278 g/mol. The van der Waals surface area contributed by atoms with Crippen molar-refractivity contribution in [2.75, 3.05) is 0 Å². The first-order valence-electron chi connectivity index (χ1n) is 6.82. The Kier molecular flexibility index (Phi) is 2.55.